The van der Waals surface area contributed by atoms with Crippen molar-refractivity contribution >= 4 is 23.1 Å². The fraction of sp³-hybridized carbons (Fsp3) is 0.545. The zero-order valence-corrected chi connectivity index (χ0v) is 11.4. The summed E-state index contributed by atoms with van der Waals surface area (Å²) < 4.78 is 0. The van der Waals surface area contributed by atoms with Crippen molar-refractivity contribution in [3.63, 3.8) is 0 Å². The lowest BCUT2D eigenvalue weighted by Gasteiger charge is -2.34. The Morgan fingerprint density at radius 2 is 2.28 bits per heavy atom. The van der Waals surface area contributed by atoms with E-state index in [1.807, 2.05) is 20.8 Å². The largest absolute Gasteiger partial charge is 0.362 e. The summed E-state index contributed by atoms with van der Waals surface area (Å²) in [6.07, 6.45) is 1.17. The molecular formula is C11H17ClN4O2. The molecule has 0 aliphatic rings. The van der Waals surface area contributed by atoms with Crippen molar-refractivity contribution in [2.75, 3.05) is 11.9 Å². The normalized spacial score (nSPS) is 14.3. The van der Waals surface area contributed by atoms with Gasteiger partial charge in [0.1, 0.15) is 12.0 Å². The minimum absolute atomic E-state index is 0.135. The van der Waals surface area contributed by atoms with Crippen molar-refractivity contribution in [2.45, 2.75) is 26.3 Å². The highest BCUT2D eigenvalue weighted by molar-refractivity contribution is 6.33. The van der Waals surface area contributed by atoms with Crippen LogP contribution in [0.4, 0.5) is 11.5 Å². The molecule has 0 aliphatic carbocycles. The van der Waals surface area contributed by atoms with Crippen molar-refractivity contribution in [3.8, 4) is 0 Å². The molecule has 7 heteroatoms. The topological polar surface area (TPSA) is 94.1 Å². The fourth-order valence-corrected chi connectivity index (χ4v) is 1.53. The molecule has 0 saturated carbocycles. The highest BCUT2D eigenvalue weighted by Crippen LogP contribution is 2.28. The third-order valence-corrected chi connectivity index (χ3v) is 3.43. The number of halogens is 1. The molecule has 0 aliphatic heterocycles. The number of nitrogens with two attached hydrogens (primary N) is 1. The van der Waals surface area contributed by atoms with Crippen LogP contribution in [0.1, 0.15) is 20.8 Å². The number of hydrogen-bond acceptors (Lipinski definition) is 5. The smallest absolute Gasteiger partial charge is 0.289 e. The van der Waals surface area contributed by atoms with E-state index in [1.54, 1.807) is 0 Å². The molecular weight excluding hydrogens is 256 g/mol. The quantitative estimate of drug-likeness (QED) is 0.634. The summed E-state index contributed by atoms with van der Waals surface area (Å²) in [6.45, 7) is 6.41. The average Bonchev–Trinajstić information content (AvgIpc) is 2.31. The van der Waals surface area contributed by atoms with Crippen LogP contribution in [0.25, 0.3) is 0 Å². The first-order valence-corrected chi connectivity index (χ1v) is 5.96. The van der Waals surface area contributed by atoms with Gasteiger partial charge in [-0.05, 0) is 12.8 Å². The number of rotatable bonds is 5. The van der Waals surface area contributed by atoms with Gasteiger partial charge in [0.05, 0.1) is 15.5 Å². The van der Waals surface area contributed by atoms with E-state index in [9.17, 15) is 10.1 Å². The molecule has 0 radical (unpaired) electrons. The summed E-state index contributed by atoms with van der Waals surface area (Å²) in [5, 5.41) is 13.9. The van der Waals surface area contributed by atoms with E-state index in [4.69, 9.17) is 17.3 Å². The summed E-state index contributed by atoms with van der Waals surface area (Å²) in [7, 11) is 0. The van der Waals surface area contributed by atoms with E-state index < -0.39 is 4.92 Å². The monoisotopic (exact) mass is 272 g/mol. The predicted molar refractivity (Wildman–Crippen MR) is 71.8 cm³/mol. The molecule has 0 saturated heterocycles. The van der Waals surface area contributed by atoms with E-state index in [2.05, 4.69) is 10.3 Å². The second-order valence-electron chi connectivity index (χ2n) is 4.68. The second-order valence-corrected chi connectivity index (χ2v) is 5.09. The highest BCUT2D eigenvalue weighted by atomic mass is 35.5. The van der Waals surface area contributed by atoms with E-state index in [-0.39, 0.29) is 22.2 Å². The van der Waals surface area contributed by atoms with Crippen LogP contribution in [0.3, 0.4) is 0 Å². The Bertz CT molecular complexity index is 453. The molecule has 1 aromatic heterocycles. The first-order chi connectivity index (χ1) is 8.30. The average molecular weight is 273 g/mol. The molecule has 1 heterocycles. The van der Waals surface area contributed by atoms with Crippen molar-refractivity contribution in [1.29, 1.82) is 0 Å². The Morgan fingerprint density at radius 1 is 1.67 bits per heavy atom. The Kier molecular flexibility index (Phi) is 4.48. The maximum Gasteiger partial charge on any atom is 0.289 e. The molecule has 0 fully saturated rings. The molecule has 6 nitrogen and oxygen atoms in total. The van der Waals surface area contributed by atoms with Crippen molar-refractivity contribution < 1.29 is 4.92 Å². The van der Waals surface area contributed by atoms with Gasteiger partial charge in [0, 0.05) is 12.6 Å². The zero-order chi connectivity index (χ0) is 13.9. The van der Waals surface area contributed by atoms with E-state index in [1.165, 1.54) is 12.3 Å². The number of aromatic nitrogens is 1. The summed E-state index contributed by atoms with van der Waals surface area (Å²) in [6, 6.07) is 1.27. The lowest BCUT2D eigenvalue weighted by Crippen LogP contribution is -2.47. The zero-order valence-electron chi connectivity index (χ0n) is 10.6. The molecule has 1 unspecified atom stereocenters. The number of nitrogens with zero attached hydrogens (tertiary/aromatic N) is 2. The third kappa shape index (κ3) is 3.08. The van der Waals surface area contributed by atoms with E-state index in [0.717, 1.165) is 0 Å². The molecule has 0 bridgehead atoms. The number of pyridine rings is 1. The van der Waals surface area contributed by atoms with Gasteiger partial charge in [0.25, 0.3) is 5.69 Å². The van der Waals surface area contributed by atoms with Crippen LogP contribution in [-0.2, 0) is 0 Å². The predicted octanol–water partition coefficient (Wildman–Crippen LogP) is 2.43. The SMILES string of the molecule is CC(C)C(C)(CN)Nc1ncc([N+](=O)[O-])cc1Cl. The summed E-state index contributed by atoms with van der Waals surface area (Å²) in [4.78, 5) is 14.0. The number of anilines is 1. The molecule has 100 valence electrons. The van der Waals surface area contributed by atoms with Crippen LogP contribution >= 0.6 is 11.6 Å². The van der Waals surface area contributed by atoms with Gasteiger partial charge < -0.3 is 11.1 Å². The maximum atomic E-state index is 10.6. The van der Waals surface area contributed by atoms with Crippen LogP contribution in [0.5, 0.6) is 0 Å². The summed E-state index contributed by atoms with van der Waals surface area (Å²) in [5.74, 6) is 0.666. The lowest BCUT2D eigenvalue weighted by molar-refractivity contribution is -0.385. The summed E-state index contributed by atoms with van der Waals surface area (Å²) in [5.41, 5.74) is 5.24. The first-order valence-electron chi connectivity index (χ1n) is 5.58. The van der Waals surface area contributed by atoms with Gasteiger partial charge in [0.2, 0.25) is 0 Å². The van der Waals surface area contributed by atoms with Gasteiger partial charge >= 0.3 is 0 Å². The molecule has 1 atom stereocenters. The van der Waals surface area contributed by atoms with Crippen LogP contribution in [0.15, 0.2) is 12.3 Å². The number of hydrogen-bond donors (Lipinski definition) is 2. The molecule has 1 rings (SSSR count). The van der Waals surface area contributed by atoms with Crippen LogP contribution in [-0.4, -0.2) is 22.0 Å². The highest BCUT2D eigenvalue weighted by Gasteiger charge is 2.28. The Balaban J connectivity index is 3.02. The van der Waals surface area contributed by atoms with Gasteiger partial charge in [-0.1, -0.05) is 25.4 Å². The van der Waals surface area contributed by atoms with Gasteiger partial charge in [-0.15, -0.1) is 0 Å². The van der Waals surface area contributed by atoms with Gasteiger partial charge in [-0.2, -0.15) is 0 Å². The Morgan fingerprint density at radius 3 is 2.67 bits per heavy atom. The minimum Gasteiger partial charge on any atom is -0.362 e. The fourth-order valence-electron chi connectivity index (χ4n) is 1.32. The molecule has 0 spiro atoms. The maximum absolute atomic E-state index is 10.6. The molecule has 1 aromatic rings. The van der Waals surface area contributed by atoms with Crippen LogP contribution in [0, 0.1) is 16.0 Å². The number of nitro groups is 1. The van der Waals surface area contributed by atoms with Crippen LogP contribution < -0.4 is 11.1 Å². The first kappa shape index (κ1) is 14.7. The Hall–Kier alpha value is -1.40. The Labute approximate surface area is 111 Å². The minimum atomic E-state index is -0.534. The van der Waals surface area contributed by atoms with Crippen molar-refractivity contribution in [2.24, 2.45) is 11.7 Å². The number of nitrogens with one attached hydrogen (secondary N) is 1. The van der Waals surface area contributed by atoms with Crippen molar-refractivity contribution in [3.05, 3.63) is 27.4 Å². The van der Waals surface area contributed by atoms with Gasteiger partial charge in [-0.25, -0.2) is 4.98 Å². The van der Waals surface area contributed by atoms with Crippen molar-refractivity contribution in [1.82, 2.24) is 4.98 Å². The van der Waals surface area contributed by atoms with Gasteiger partial charge in [-0.3, -0.25) is 10.1 Å². The molecule has 0 aromatic carbocycles. The molecule has 3 N–H and O–H groups in total. The van der Waals surface area contributed by atoms with Crippen LogP contribution in [0.2, 0.25) is 5.02 Å². The second kappa shape index (κ2) is 5.49. The summed E-state index contributed by atoms with van der Waals surface area (Å²) >= 11 is 5.97. The standard InChI is InChI=1S/C11H17ClN4O2/c1-7(2)11(3,6-13)15-10-9(12)4-8(5-14-10)16(17)18/h4-5,7H,6,13H2,1-3H3,(H,14,15). The molecule has 0 amide bonds. The third-order valence-electron chi connectivity index (χ3n) is 3.14. The lowest BCUT2D eigenvalue weighted by atomic mass is 9.88. The van der Waals surface area contributed by atoms with Gasteiger partial charge in [0.15, 0.2) is 0 Å². The van der Waals surface area contributed by atoms with E-state index >= 15 is 0 Å². The molecule has 18 heavy (non-hydrogen) atoms. The van der Waals surface area contributed by atoms with E-state index in [0.29, 0.717) is 12.4 Å².